The highest BCUT2D eigenvalue weighted by molar-refractivity contribution is 6.30. The molecular formula is C26H22ClFN6O2. The van der Waals surface area contributed by atoms with Gasteiger partial charge >= 0.3 is 5.97 Å². The van der Waals surface area contributed by atoms with Crippen molar-refractivity contribution in [3.63, 3.8) is 0 Å². The van der Waals surface area contributed by atoms with Crippen molar-refractivity contribution < 1.29 is 14.3 Å². The largest absolute Gasteiger partial charge is 0.478 e. The molecule has 0 amide bonds. The van der Waals surface area contributed by atoms with Gasteiger partial charge in [-0.3, -0.25) is 9.88 Å². The van der Waals surface area contributed by atoms with Crippen molar-refractivity contribution in [3.8, 4) is 0 Å². The van der Waals surface area contributed by atoms with Crippen molar-refractivity contribution in [1.82, 2.24) is 29.0 Å². The van der Waals surface area contributed by atoms with E-state index in [-0.39, 0.29) is 11.4 Å². The van der Waals surface area contributed by atoms with Gasteiger partial charge in [-0.05, 0) is 42.0 Å². The topological polar surface area (TPSA) is 89.1 Å². The Morgan fingerprint density at radius 3 is 2.78 bits per heavy atom. The van der Waals surface area contributed by atoms with Crippen LogP contribution in [0.3, 0.4) is 0 Å². The van der Waals surface area contributed by atoms with Crippen LogP contribution in [0.5, 0.6) is 0 Å². The van der Waals surface area contributed by atoms with E-state index in [9.17, 15) is 14.3 Å². The molecule has 0 spiro atoms. The lowest BCUT2D eigenvalue weighted by Gasteiger charge is -2.27. The Balaban J connectivity index is 1.27. The van der Waals surface area contributed by atoms with Gasteiger partial charge in [0.05, 0.1) is 40.9 Å². The molecule has 0 unspecified atom stereocenters. The fourth-order valence-corrected chi connectivity index (χ4v) is 5.03. The summed E-state index contributed by atoms with van der Waals surface area (Å²) >= 11 is 5.90. The zero-order valence-corrected chi connectivity index (χ0v) is 20.2. The number of pyridine rings is 1. The Morgan fingerprint density at radius 2 is 1.97 bits per heavy atom. The van der Waals surface area contributed by atoms with Crippen molar-refractivity contribution >= 4 is 39.6 Å². The lowest BCUT2D eigenvalue weighted by molar-refractivity contribution is 0.0697. The van der Waals surface area contributed by atoms with E-state index in [0.717, 1.165) is 52.5 Å². The molecule has 4 heterocycles. The van der Waals surface area contributed by atoms with E-state index in [1.807, 2.05) is 17.7 Å². The fraction of sp³-hybridized carbons (Fsp3) is 0.231. The van der Waals surface area contributed by atoms with Gasteiger partial charge in [-0.2, -0.15) is 0 Å². The molecule has 0 aliphatic carbocycles. The van der Waals surface area contributed by atoms with Gasteiger partial charge in [0.1, 0.15) is 23.0 Å². The predicted octanol–water partition coefficient (Wildman–Crippen LogP) is 4.42. The van der Waals surface area contributed by atoms with Crippen LogP contribution in [0.25, 0.3) is 22.1 Å². The molecule has 1 aliphatic rings. The third-order valence-electron chi connectivity index (χ3n) is 6.79. The summed E-state index contributed by atoms with van der Waals surface area (Å²) in [4.78, 5) is 27.8. The number of carboxylic acid groups (broad SMARTS) is 1. The molecule has 8 nitrogen and oxygen atoms in total. The minimum Gasteiger partial charge on any atom is -0.478 e. The van der Waals surface area contributed by atoms with Crippen LogP contribution in [0.15, 0.2) is 48.7 Å². The number of aryl methyl sites for hydroxylation is 1. The Labute approximate surface area is 210 Å². The van der Waals surface area contributed by atoms with Gasteiger partial charge in [-0.15, -0.1) is 0 Å². The van der Waals surface area contributed by atoms with Crippen molar-refractivity contribution in [2.24, 2.45) is 7.05 Å². The molecule has 1 aliphatic heterocycles. The van der Waals surface area contributed by atoms with Gasteiger partial charge in [0, 0.05) is 37.8 Å². The average molecular weight is 505 g/mol. The predicted molar refractivity (Wildman–Crippen MR) is 134 cm³/mol. The number of benzene rings is 2. The van der Waals surface area contributed by atoms with Gasteiger partial charge in [-0.25, -0.2) is 19.2 Å². The van der Waals surface area contributed by atoms with Crippen LogP contribution in [-0.4, -0.2) is 46.6 Å². The number of rotatable bonds is 5. The van der Waals surface area contributed by atoms with Gasteiger partial charge in [0.2, 0.25) is 0 Å². The number of carboxylic acids is 1. The molecular weight excluding hydrogens is 483 g/mol. The second-order valence-corrected chi connectivity index (χ2v) is 9.46. The van der Waals surface area contributed by atoms with E-state index in [1.165, 1.54) is 6.07 Å². The van der Waals surface area contributed by atoms with Crippen molar-refractivity contribution in [1.29, 1.82) is 0 Å². The SMILES string of the molecule is Cn1c(CN2CCn3c(nc4c(Cc5ccc(Cl)cc5F)nccc43)C2)nc2ccc(C(=O)O)cc21. The maximum absolute atomic E-state index is 14.4. The summed E-state index contributed by atoms with van der Waals surface area (Å²) in [5.41, 5.74) is 4.84. The summed E-state index contributed by atoms with van der Waals surface area (Å²) in [5.74, 6) is 0.475. The minimum absolute atomic E-state index is 0.242. The summed E-state index contributed by atoms with van der Waals surface area (Å²) in [6, 6.07) is 11.6. The molecule has 1 N–H and O–H groups in total. The molecule has 2 aromatic carbocycles. The lowest BCUT2D eigenvalue weighted by Crippen LogP contribution is -2.34. The zero-order chi connectivity index (χ0) is 25.0. The van der Waals surface area contributed by atoms with Crippen molar-refractivity contribution in [2.75, 3.05) is 6.54 Å². The van der Waals surface area contributed by atoms with Crippen LogP contribution in [0.4, 0.5) is 4.39 Å². The first-order chi connectivity index (χ1) is 17.4. The van der Waals surface area contributed by atoms with Gasteiger partial charge < -0.3 is 14.2 Å². The van der Waals surface area contributed by atoms with E-state index in [0.29, 0.717) is 30.1 Å². The maximum Gasteiger partial charge on any atom is 0.335 e. The molecule has 36 heavy (non-hydrogen) atoms. The number of imidazole rings is 2. The third kappa shape index (κ3) is 3.90. The van der Waals surface area contributed by atoms with Crippen LogP contribution < -0.4 is 0 Å². The van der Waals surface area contributed by atoms with E-state index >= 15 is 0 Å². The highest BCUT2D eigenvalue weighted by Crippen LogP contribution is 2.26. The van der Waals surface area contributed by atoms with E-state index < -0.39 is 5.97 Å². The van der Waals surface area contributed by atoms with Crippen molar-refractivity contribution in [3.05, 3.63) is 88.0 Å². The second-order valence-electron chi connectivity index (χ2n) is 9.02. The molecule has 6 rings (SSSR count). The first-order valence-corrected chi connectivity index (χ1v) is 11.9. The lowest BCUT2D eigenvalue weighted by atomic mass is 10.1. The summed E-state index contributed by atoms with van der Waals surface area (Å²) in [6.07, 6.45) is 2.08. The number of nitrogens with zero attached hydrogens (tertiary/aromatic N) is 6. The molecule has 0 radical (unpaired) electrons. The Hall–Kier alpha value is -3.82. The van der Waals surface area contributed by atoms with Crippen LogP contribution in [0.2, 0.25) is 5.02 Å². The Kier molecular flexibility index (Phi) is 5.46. The van der Waals surface area contributed by atoms with E-state index in [1.54, 1.807) is 36.5 Å². The van der Waals surface area contributed by atoms with Crippen LogP contribution >= 0.6 is 11.6 Å². The summed E-state index contributed by atoms with van der Waals surface area (Å²) < 4.78 is 18.6. The van der Waals surface area contributed by atoms with Gasteiger partial charge in [0.15, 0.2) is 0 Å². The molecule has 0 bridgehead atoms. The van der Waals surface area contributed by atoms with Crippen LogP contribution in [0, 0.1) is 5.82 Å². The first-order valence-electron chi connectivity index (χ1n) is 11.6. The van der Waals surface area contributed by atoms with Gasteiger partial charge in [-0.1, -0.05) is 17.7 Å². The number of hydrogen-bond acceptors (Lipinski definition) is 5. The molecule has 5 aromatic rings. The number of fused-ring (bicyclic) bond motifs is 4. The first kappa shape index (κ1) is 22.6. The number of aromatic nitrogens is 5. The second kappa shape index (κ2) is 8.69. The van der Waals surface area contributed by atoms with E-state index in [2.05, 4.69) is 14.5 Å². The fourth-order valence-electron chi connectivity index (χ4n) is 4.87. The molecule has 0 saturated heterocycles. The average Bonchev–Trinajstić information content (AvgIpc) is 3.38. The Morgan fingerprint density at radius 1 is 1.11 bits per heavy atom. The molecule has 0 saturated carbocycles. The van der Waals surface area contributed by atoms with E-state index in [4.69, 9.17) is 21.6 Å². The summed E-state index contributed by atoms with van der Waals surface area (Å²) in [7, 11) is 1.91. The quantitative estimate of drug-likeness (QED) is 0.381. The minimum atomic E-state index is -0.956. The zero-order valence-electron chi connectivity index (χ0n) is 19.4. The highest BCUT2D eigenvalue weighted by atomic mass is 35.5. The standard InChI is InChI=1S/C26H22ClFN6O2/c1-32-22-11-16(26(35)36)3-5-19(22)30-23(32)13-33-8-9-34-21-6-7-29-20(25(21)31-24(34)14-33)10-15-2-4-17(27)12-18(15)28/h2-7,11-12H,8-10,13-14H2,1H3,(H,35,36). The summed E-state index contributed by atoms with van der Waals surface area (Å²) in [6.45, 7) is 2.81. The monoisotopic (exact) mass is 504 g/mol. The summed E-state index contributed by atoms with van der Waals surface area (Å²) in [5, 5.41) is 9.67. The third-order valence-corrected chi connectivity index (χ3v) is 7.02. The highest BCUT2D eigenvalue weighted by Gasteiger charge is 2.23. The Bertz CT molecular complexity index is 1660. The molecule has 10 heteroatoms. The molecule has 3 aromatic heterocycles. The number of hydrogen-bond donors (Lipinski definition) is 1. The van der Waals surface area contributed by atoms with Crippen LogP contribution in [-0.2, 0) is 33.1 Å². The maximum atomic E-state index is 14.4. The number of carbonyl (C=O) groups is 1. The molecule has 0 fully saturated rings. The smallest absolute Gasteiger partial charge is 0.335 e. The van der Waals surface area contributed by atoms with Crippen LogP contribution in [0.1, 0.15) is 33.3 Å². The normalized spacial score (nSPS) is 14.0. The molecule has 182 valence electrons. The molecule has 0 atom stereocenters. The number of halogens is 2. The number of aromatic carboxylic acids is 1. The van der Waals surface area contributed by atoms with Gasteiger partial charge in [0.25, 0.3) is 0 Å². The van der Waals surface area contributed by atoms with Crippen molar-refractivity contribution in [2.45, 2.75) is 26.1 Å².